The average molecular weight is 390 g/mol. The SMILES string of the molecule is Cc1nccc(OC2CCN(S(=O)(=O)c3ccc(C(C)(C)C)cc3)CC2)n1. The molecule has 6 nitrogen and oxygen atoms in total. The number of aromatic nitrogens is 2. The third kappa shape index (κ3) is 4.65. The second-order valence-corrected chi connectivity index (χ2v) is 9.88. The third-order valence-electron chi connectivity index (χ3n) is 4.80. The summed E-state index contributed by atoms with van der Waals surface area (Å²) in [5, 5.41) is 0. The smallest absolute Gasteiger partial charge is 0.243 e. The van der Waals surface area contributed by atoms with Crippen molar-refractivity contribution in [3.8, 4) is 5.88 Å². The molecule has 0 N–H and O–H groups in total. The molecule has 1 aromatic heterocycles. The summed E-state index contributed by atoms with van der Waals surface area (Å²) < 4.78 is 33.3. The van der Waals surface area contributed by atoms with Gasteiger partial charge in [0.05, 0.1) is 4.90 Å². The Kier molecular flexibility index (Phi) is 5.53. The van der Waals surface area contributed by atoms with Crippen molar-refractivity contribution in [2.75, 3.05) is 13.1 Å². The Morgan fingerprint density at radius 3 is 2.26 bits per heavy atom. The number of aryl methyl sites for hydroxylation is 1. The van der Waals surface area contributed by atoms with Gasteiger partial charge in [0.25, 0.3) is 0 Å². The van der Waals surface area contributed by atoms with Crippen LogP contribution in [0, 0.1) is 6.92 Å². The molecular weight excluding hydrogens is 362 g/mol. The minimum Gasteiger partial charge on any atom is -0.474 e. The van der Waals surface area contributed by atoms with Crippen molar-refractivity contribution in [2.45, 2.75) is 57.0 Å². The van der Waals surface area contributed by atoms with Crippen molar-refractivity contribution in [3.63, 3.8) is 0 Å². The molecule has 146 valence electrons. The van der Waals surface area contributed by atoms with Crippen molar-refractivity contribution in [1.29, 1.82) is 0 Å². The first-order valence-corrected chi connectivity index (χ1v) is 10.7. The molecule has 1 aromatic carbocycles. The predicted octanol–water partition coefficient (Wildman–Crippen LogP) is 3.31. The second kappa shape index (κ2) is 7.56. The van der Waals surface area contributed by atoms with E-state index >= 15 is 0 Å². The highest BCUT2D eigenvalue weighted by Crippen LogP contribution is 2.26. The number of nitrogens with zero attached hydrogens (tertiary/aromatic N) is 3. The van der Waals surface area contributed by atoms with Crippen LogP contribution >= 0.6 is 0 Å². The van der Waals surface area contributed by atoms with Gasteiger partial charge in [-0.05, 0) is 42.9 Å². The molecule has 1 saturated heterocycles. The molecule has 0 amide bonds. The molecule has 0 atom stereocenters. The van der Waals surface area contributed by atoms with Gasteiger partial charge in [0.15, 0.2) is 0 Å². The van der Waals surface area contributed by atoms with Gasteiger partial charge >= 0.3 is 0 Å². The Bertz CT molecular complexity index is 881. The van der Waals surface area contributed by atoms with Crippen LogP contribution in [0.2, 0.25) is 0 Å². The fourth-order valence-electron chi connectivity index (χ4n) is 3.14. The van der Waals surface area contributed by atoms with Crippen LogP contribution in [-0.4, -0.2) is 41.9 Å². The predicted molar refractivity (Wildman–Crippen MR) is 104 cm³/mol. The maximum atomic E-state index is 12.9. The standard InChI is InChI=1S/C20H27N3O3S/c1-15-21-12-9-19(22-15)26-17-10-13-23(14-11-17)27(24,25)18-7-5-16(6-8-18)20(2,3)4/h5-9,12,17H,10-11,13-14H2,1-4H3. The number of rotatable bonds is 4. The van der Waals surface area contributed by atoms with Crippen molar-refractivity contribution >= 4 is 10.0 Å². The first-order chi connectivity index (χ1) is 12.7. The van der Waals surface area contributed by atoms with E-state index in [2.05, 4.69) is 30.7 Å². The van der Waals surface area contributed by atoms with Gasteiger partial charge in [-0.25, -0.2) is 13.4 Å². The van der Waals surface area contributed by atoms with E-state index in [1.54, 1.807) is 28.7 Å². The van der Waals surface area contributed by atoms with Gasteiger partial charge in [0.2, 0.25) is 15.9 Å². The maximum absolute atomic E-state index is 12.9. The maximum Gasteiger partial charge on any atom is 0.243 e. The van der Waals surface area contributed by atoms with Gasteiger partial charge in [-0.2, -0.15) is 9.29 Å². The zero-order valence-corrected chi connectivity index (χ0v) is 17.2. The molecule has 1 fully saturated rings. The lowest BCUT2D eigenvalue weighted by Crippen LogP contribution is -2.41. The summed E-state index contributed by atoms with van der Waals surface area (Å²) in [6.45, 7) is 9.03. The summed E-state index contributed by atoms with van der Waals surface area (Å²) in [6, 6.07) is 8.96. The molecule has 7 heteroatoms. The molecule has 0 bridgehead atoms. The number of piperidine rings is 1. The van der Waals surface area contributed by atoms with E-state index in [9.17, 15) is 8.42 Å². The molecule has 0 radical (unpaired) electrons. The first kappa shape index (κ1) is 19.8. The monoisotopic (exact) mass is 389 g/mol. The molecule has 3 rings (SSSR count). The van der Waals surface area contributed by atoms with E-state index in [-0.39, 0.29) is 11.5 Å². The van der Waals surface area contributed by atoms with Gasteiger partial charge in [-0.15, -0.1) is 0 Å². The van der Waals surface area contributed by atoms with Crippen LogP contribution in [0.5, 0.6) is 5.88 Å². The van der Waals surface area contributed by atoms with Crippen LogP contribution in [0.15, 0.2) is 41.4 Å². The zero-order chi connectivity index (χ0) is 19.7. The van der Waals surface area contributed by atoms with Crippen molar-refractivity contribution in [1.82, 2.24) is 14.3 Å². The molecule has 0 unspecified atom stereocenters. The lowest BCUT2D eigenvalue weighted by Gasteiger charge is -2.31. The molecule has 1 aliphatic heterocycles. The largest absolute Gasteiger partial charge is 0.474 e. The average Bonchev–Trinajstić information content (AvgIpc) is 2.62. The molecular formula is C20H27N3O3S. The number of hydrogen-bond donors (Lipinski definition) is 0. The Hall–Kier alpha value is -1.99. The summed E-state index contributed by atoms with van der Waals surface area (Å²) in [5.41, 5.74) is 1.12. The van der Waals surface area contributed by atoms with E-state index in [4.69, 9.17) is 4.74 Å². The van der Waals surface area contributed by atoms with E-state index in [1.807, 2.05) is 19.1 Å². The number of hydrogen-bond acceptors (Lipinski definition) is 5. The van der Waals surface area contributed by atoms with Gasteiger partial charge in [-0.1, -0.05) is 32.9 Å². The van der Waals surface area contributed by atoms with Crippen LogP contribution in [0.3, 0.4) is 0 Å². The molecule has 2 heterocycles. The molecule has 0 saturated carbocycles. The summed E-state index contributed by atoms with van der Waals surface area (Å²) in [5.74, 6) is 1.20. The van der Waals surface area contributed by atoms with E-state index < -0.39 is 10.0 Å². The molecule has 2 aromatic rings. The fraction of sp³-hybridized carbons (Fsp3) is 0.500. The van der Waals surface area contributed by atoms with E-state index in [0.717, 1.165) is 5.56 Å². The third-order valence-corrected chi connectivity index (χ3v) is 6.71. The van der Waals surface area contributed by atoms with Crippen molar-refractivity contribution in [3.05, 3.63) is 47.9 Å². The van der Waals surface area contributed by atoms with Gasteiger partial charge < -0.3 is 4.74 Å². The van der Waals surface area contributed by atoms with Crippen LogP contribution < -0.4 is 4.74 Å². The first-order valence-electron chi connectivity index (χ1n) is 9.23. The summed E-state index contributed by atoms with van der Waals surface area (Å²) in [7, 11) is -3.48. The lowest BCUT2D eigenvalue weighted by atomic mass is 9.87. The van der Waals surface area contributed by atoms with Gasteiger partial charge in [0.1, 0.15) is 11.9 Å². The van der Waals surface area contributed by atoms with Crippen molar-refractivity contribution < 1.29 is 13.2 Å². The van der Waals surface area contributed by atoms with Crippen molar-refractivity contribution in [2.24, 2.45) is 0 Å². The minimum atomic E-state index is -3.48. The lowest BCUT2D eigenvalue weighted by molar-refractivity contribution is 0.129. The summed E-state index contributed by atoms with van der Waals surface area (Å²) in [4.78, 5) is 8.65. The van der Waals surface area contributed by atoms with Gasteiger partial charge in [-0.3, -0.25) is 0 Å². The highest BCUT2D eigenvalue weighted by Gasteiger charge is 2.30. The minimum absolute atomic E-state index is 0.00265. The molecule has 0 spiro atoms. The van der Waals surface area contributed by atoms with E-state index in [1.165, 1.54) is 0 Å². The second-order valence-electron chi connectivity index (χ2n) is 7.94. The van der Waals surface area contributed by atoms with Crippen LogP contribution in [0.4, 0.5) is 0 Å². The quantitative estimate of drug-likeness (QED) is 0.802. The highest BCUT2D eigenvalue weighted by molar-refractivity contribution is 7.89. The van der Waals surface area contributed by atoms with Crippen LogP contribution in [0.25, 0.3) is 0 Å². The summed E-state index contributed by atoms with van der Waals surface area (Å²) in [6.07, 6.45) is 2.91. The van der Waals surface area contributed by atoms with Crippen LogP contribution in [0.1, 0.15) is 45.0 Å². The fourth-order valence-corrected chi connectivity index (χ4v) is 4.61. The number of benzene rings is 1. The summed E-state index contributed by atoms with van der Waals surface area (Å²) >= 11 is 0. The molecule has 27 heavy (non-hydrogen) atoms. The Labute approximate surface area is 161 Å². The molecule has 1 aliphatic rings. The normalized spacial score (nSPS) is 17.0. The number of sulfonamides is 1. The zero-order valence-electron chi connectivity index (χ0n) is 16.3. The Balaban J connectivity index is 1.64. The Morgan fingerprint density at radius 1 is 1.07 bits per heavy atom. The van der Waals surface area contributed by atoms with Crippen LogP contribution in [-0.2, 0) is 15.4 Å². The topological polar surface area (TPSA) is 72.4 Å². The van der Waals surface area contributed by atoms with Gasteiger partial charge in [0, 0.05) is 25.4 Å². The molecule has 0 aliphatic carbocycles. The highest BCUT2D eigenvalue weighted by atomic mass is 32.2. The Morgan fingerprint density at radius 2 is 1.70 bits per heavy atom. The van der Waals surface area contributed by atoms with E-state index in [0.29, 0.717) is 42.5 Å². The number of ether oxygens (including phenoxy) is 1.